The zero-order valence-corrected chi connectivity index (χ0v) is 14.8. The van der Waals surface area contributed by atoms with Gasteiger partial charge >= 0.3 is 5.97 Å². The summed E-state index contributed by atoms with van der Waals surface area (Å²) in [6.45, 7) is 3.64. The molecule has 132 valence electrons. The summed E-state index contributed by atoms with van der Waals surface area (Å²) in [4.78, 5) is 12.6. The van der Waals surface area contributed by atoms with Gasteiger partial charge in [-0.15, -0.1) is 0 Å². The molecule has 0 saturated carbocycles. The molecule has 0 N–H and O–H groups in total. The van der Waals surface area contributed by atoms with E-state index < -0.39 is 5.97 Å². The van der Waals surface area contributed by atoms with Crippen LogP contribution in [-0.2, 0) is 19.0 Å². The zero-order chi connectivity index (χ0) is 18.4. The summed E-state index contributed by atoms with van der Waals surface area (Å²) in [5.74, 6) is 4.13. The molecule has 2 aromatic rings. The molecule has 1 unspecified atom stereocenters. The normalized spacial score (nSPS) is 18.9. The highest BCUT2D eigenvalue weighted by molar-refractivity contribution is 6.03. The van der Waals surface area contributed by atoms with Crippen LogP contribution in [0.5, 0.6) is 0 Å². The van der Waals surface area contributed by atoms with E-state index in [-0.39, 0.29) is 18.5 Å². The molecular formula is C22H20O4. The van der Waals surface area contributed by atoms with E-state index in [0.29, 0.717) is 5.76 Å². The molecule has 0 fully saturated rings. The average molecular weight is 348 g/mol. The maximum Gasteiger partial charge on any atom is 0.396 e. The first kappa shape index (κ1) is 17.9. The van der Waals surface area contributed by atoms with Gasteiger partial charge < -0.3 is 9.47 Å². The Morgan fingerprint density at radius 3 is 2.35 bits per heavy atom. The maximum absolute atomic E-state index is 12.6. The van der Waals surface area contributed by atoms with E-state index in [0.717, 1.165) is 11.1 Å². The standard InChI is InChI=1S/C22H20O4/c1-17(2)25-22(24-15-9-12-18-10-5-3-6-11-18)21(23)16-20(26-22)19-13-7-4-8-14-19/h3-8,10-11,13-14,16-17H,15H2,1-2H3. The van der Waals surface area contributed by atoms with Crippen LogP contribution in [0.3, 0.4) is 0 Å². The molecule has 26 heavy (non-hydrogen) atoms. The molecule has 0 aliphatic carbocycles. The van der Waals surface area contributed by atoms with Crippen LogP contribution >= 0.6 is 0 Å². The second-order valence-electron chi connectivity index (χ2n) is 6.02. The molecule has 1 aliphatic rings. The summed E-state index contributed by atoms with van der Waals surface area (Å²) in [5.41, 5.74) is 1.66. The van der Waals surface area contributed by atoms with Crippen LogP contribution in [0.4, 0.5) is 0 Å². The van der Waals surface area contributed by atoms with Crippen molar-refractivity contribution in [3.05, 3.63) is 77.9 Å². The van der Waals surface area contributed by atoms with Gasteiger partial charge in [0.25, 0.3) is 5.78 Å². The Labute approximate surface area is 153 Å². The van der Waals surface area contributed by atoms with Crippen LogP contribution in [0.15, 0.2) is 66.7 Å². The highest BCUT2D eigenvalue weighted by atomic mass is 16.9. The van der Waals surface area contributed by atoms with Gasteiger partial charge in [-0.05, 0) is 26.0 Å². The van der Waals surface area contributed by atoms with Crippen molar-refractivity contribution in [2.24, 2.45) is 0 Å². The number of rotatable bonds is 5. The second kappa shape index (κ2) is 8.01. The number of carbonyl (C=O) groups is 1. The van der Waals surface area contributed by atoms with Gasteiger partial charge in [0.1, 0.15) is 12.4 Å². The Balaban J connectivity index is 1.74. The lowest BCUT2D eigenvalue weighted by molar-refractivity contribution is -0.329. The molecule has 0 saturated heterocycles. The Kier molecular flexibility index (Phi) is 5.52. The first-order valence-electron chi connectivity index (χ1n) is 8.45. The number of benzene rings is 2. The SMILES string of the molecule is CC(C)OC1(OCC#Cc2ccccc2)OC(c2ccccc2)=CC1=O. The number of ketones is 1. The minimum atomic E-state index is -1.79. The lowest BCUT2D eigenvalue weighted by Gasteiger charge is -2.28. The highest BCUT2D eigenvalue weighted by Gasteiger charge is 2.49. The summed E-state index contributed by atoms with van der Waals surface area (Å²) in [7, 11) is 0. The molecule has 1 aliphatic heterocycles. The molecule has 0 spiro atoms. The van der Waals surface area contributed by atoms with Gasteiger partial charge in [0.2, 0.25) is 0 Å². The third-order valence-corrected chi connectivity index (χ3v) is 3.60. The summed E-state index contributed by atoms with van der Waals surface area (Å²) in [6.07, 6.45) is 1.15. The fourth-order valence-electron chi connectivity index (χ4n) is 2.49. The van der Waals surface area contributed by atoms with Crippen molar-refractivity contribution >= 4 is 11.5 Å². The van der Waals surface area contributed by atoms with Crippen LogP contribution < -0.4 is 0 Å². The predicted molar refractivity (Wildman–Crippen MR) is 98.7 cm³/mol. The highest BCUT2D eigenvalue weighted by Crippen LogP contribution is 2.34. The molecule has 0 amide bonds. The summed E-state index contributed by atoms with van der Waals surface area (Å²) >= 11 is 0. The van der Waals surface area contributed by atoms with Crippen molar-refractivity contribution in [2.75, 3.05) is 6.61 Å². The lowest BCUT2D eigenvalue weighted by atomic mass is 10.2. The van der Waals surface area contributed by atoms with Crippen LogP contribution in [0, 0.1) is 11.8 Å². The van der Waals surface area contributed by atoms with Gasteiger partial charge in [-0.2, -0.15) is 0 Å². The first-order chi connectivity index (χ1) is 12.6. The Morgan fingerprint density at radius 1 is 1.04 bits per heavy atom. The molecular weight excluding hydrogens is 328 g/mol. The number of carbonyl (C=O) groups excluding carboxylic acids is 1. The van der Waals surface area contributed by atoms with Crippen molar-refractivity contribution in [3.63, 3.8) is 0 Å². The monoisotopic (exact) mass is 348 g/mol. The van der Waals surface area contributed by atoms with Crippen molar-refractivity contribution in [1.82, 2.24) is 0 Å². The van der Waals surface area contributed by atoms with E-state index in [1.807, 2.05) is 74.5 Å². The van der Waals surface area contributed by atoms with Gasteiger partial charge in [0.05, 0.1) is 6.10 Å². The number of ether oxygens (including phenoxy) is 3. The summed E-state index contributed by atoms with van der Waals surface area (Å²) in [6, 6.07) is 18.9. The molecule has 4 nitrogen and oxygen atoms in total. The smallest absolute Gasteiger partial charge is 0.396 e. The van der Waals surface area contributed by atoms with Crippen molar-refractivity contribution in [2.45, 2.75) is 25.9 Å². The average Bonchev–Trinajstić information content (AvgIpc) is 2.96. The molecule has 4 heteroatoms. The van der Waals surface area contributed by atoms with Gasteiger partial charge in [0, 0.05) is 17.2 Å². The van der Waals surface area contributed by atoms with Gasteiger partial charge in [0.15, 0.2) is 0 Å². The maximum atomic E-state index is 12.6. The third kappa shape index (κ3) is 4.20. The van der Waals surface area contributed by atoms with Gasteiger partial charge in [-0.3, -0.25) is 9.53 Å². The first-order valence-corrected chi connectivity index (χ1v) is 8.45. The quantitative estimate of drug-likeness (QED) is 0.609. The molecule has 3 rings (SSSR count). The molecule has 0 bridgehead atoms. The van der Waals surface area contributed by atoms with E-state index in [1.54, 1.807) is 0 Å². The zero-order valence-electron chi connectivity index (χ0n) is 14.8. The van der Waals surface area contributed by atoms with E-state index in [2.05, 4.69) is 11.8 Å². The van der Waals surface area contributed by atoms with Gasteiger partial charge in [-0.1, -0.05) is 60.4 Å². The predicted octanol–water partition coefficient (Wildman–Crippen LogP) is 3.77. The Hall–Kier alpha value is -2.87. The fourth-order valence-corrected chi connectivity index (χ4v) is 2.49. The molecule has 2 aromatic carbocycles. The molecule has 1 heterocycles. The van der Waals surface area contributed by atoms with Crippen molar-refractivity contribution in [3.8, 4) is 11.8 Å². The van der Waals surface area contributed by atoms with E-state index in [9.17, 15) is 4.79 Å². The van der Waals surface area contributed by atoms with Gasteiger partial charge in [-0.25, -0.2) is 0 Å². The van der Waals surface area contributed by atoms with E-state index in [1.165, 1.54) is 6.08 Å². The van der Waals surface area contributed by atoms with Crippen LogP contribution in [0.2, 0.25) is 0 Å². The number of hydrogen-bond donors (Lipinski definition) is 0. The van der Waals surface area contributed by atoms with E-state index in [4.69, 9.17) is 14.2 Å². The third-order valence-electron chi connectivity index (χ3n) is 3.60. The molecule has 1 atom stereocenters. The molecule has 0 radical (unpaired) electrons. The van der Waals surface area contributed by atoms with Crippen molar-refractivity contribution < 1.29 is 19.0 Å². The molecule has 0 aromatic heterocycles. The fraction of sp³-hybridized carbons (Fsp3) is 0.227. The Morgan fingerprint density at radius 2 is 1.69 bits per heavy atom. The largest absolute Gasteiger partial charge is 0.432 e. The van der Waals surface area contributed by atoms with Crippen LogP contribution in [0.1, 0.15) is 25.0 Å². The lowest BCUT2D eigenvalue weighted by Crippen LogP contribution is -2.44. The van der Waals surface area contributed by atoms with E-state index >= 15 is 0 Å². The summed E-state index contributed by atoms with van der Waals surface area (Å²) in [5, 5.41) is 0. The Bertz CT molecular complexity index is 844. The summed E-state index contributed by atoms with van der Waals surface area (Å²) < 4.78 is 17.2. The van der Waals surface area contributed by atoms with Crippen molar-refractivity contribution in [1.29, 1.82) is 0 Å². The minimum absolute atomic E-state index is 0.00324. The number of hydrogen-bond acceptors (Lipinski definition) is 4. The minimum Gasteiger partial charge on any atom is -0.432 e. The van der Waals surface area contributed by atoms with Crippen LogP contribution in [0.25, 0.3) is 5.76 Å². The topological polar surface area (TPSA) is 44.8 Å². The van der Waals surface area contributed by atoms with Crippen LogP contribution in [-0.4, -0.2) is 24.5 Å². The second-order valence-corrected chi connectivity index (χ2v) is 6.02.